The van der Waals surface area contributed by atoms with E-state index in [4.69, 9.17) is 0 Å². The average molecular weight is 363 g/mol. The van der Waals surface area contributed by atoms with Gasteiger partial charge in [-0.05, 0) is 98.7 Å². The summed E-state index contributed by atoms with van der Waals surface area (Å²) in [5.74, 6) is 7.87. The summed E-state index contributed by atoms with van der Waals surface area (Å²) in [5.41, 5.74) is 0. The van der Waals surface area contributed by atoms with E-state index in [9.17, 15) is 5.11 Å². The summed E-state index contributed by atoms with van der Waals surface area (Å²) in [5, 5.41) is 9.33. The molecule has 6 atom stereocenters. The second kappa shape index (κ2) is 9.94. The van der Waals surface area contributed by atoms with Crippen molar-refractivity contribution in [3.63, 3.8) is 0 Å². The molecule has 0 heterocycles. The second-order valence-electron chi connectivity index (χ2n) is 10.4. The molecule has 6 unspecified atom stereocenters. The van der Waals surface area contributed by atoms with Crippen LogP contribution in [0, 0.1) is 47.3 Å². The Morgan fingerprint density at radius 3 is 1.92 bits per heavy atom. The minimum Gasteiger partial charge on any atom is -0.396 e. The van der Waals surface area contributed by atoms with Gasteiger partial charge in [-0.25, -0.2) is 0 Å². The number of hydrogen-bond donors (Lipinski definition) is 1. The molecule has 0 saturated heterocycles. The fourth-order valence-corrected chi connectivity index (χ4v) is 7.44. The monoisotopic (exact) mass is 362 g/mol. The van der Waals surface area contributed by atoms with E-state index in [1.165, 1.54) is 70.6 Å². The second-order valence-corrected chi connectivity index (χ2v) is 10.4. The highest BCUT2D eigenvalue weighted by molar-refractivity contribution is 4.91. The molecule has 3 aliphatic carbocycles. The fraction of sp³-hybridized carbons (Fsp3) is 1.00. The molecule has 1 heteroatoms. The SMILES string of the molecule is CCC1CC(CCO)CCC1C1CCC(C2CCC(C)CC2)C(CC)C1. The molecule has 3 saturated carbocycles. The molecule has 3 rings (SSSR count). The smallest absolute Gasteiger partial charge is 0.0433 e. The van der Waals surface area contributed by atoms with Gasteiger partial charge >= 0.3 is 0 Å². The summed E-state index contributed by atoms with van der Waals surface area (Å²) in [6.45, 7) is 7.75. The molecule has 1 N–H and O–H groups in total. The van der Waals surface area contributed by atoms with Gasteiger partial charge in [0, 0.05) is 6.61 Å². The first-order valence-electron chi connectivity index (χ1n) is 12.3. The van der Waals surface area contributed by atoms with Crippen molar-refractivity contribution in [2.24, 2.45) is 47.3 Å². The molecule has 0 radical (unpaired) electrons. The largest absolute Gasteiger partial charge is 0.396 e. The van der Waals surface area contributed by atoms with Gasteiger partial charge in [-0.15, -0.1) is 0 Å². The van der Waals surface area contributed by atoms with Crippen molar-refractivity contribution in [3.05, 3.63) is 0 Å². The molecule has 3 aliphatic rings. The lowest BCUT2D eigenvalue weighted by Crippen LogP contribution is -2.38. The lowest BCUT2D eigenvalue weighted by molar-refractivity contribution is 0.0282. The van der Waals surface area contributed by atoms with Crippen LogP contribution in [-0.2, 0) is 0 Å². The van der Waals surface area contributed by atoms with Crippen LogP contribution in [0.5, 0.6) is 0 Å². The van der Waals surface area contributed by atoms with Gasteiger partial charge in [-0.2, -0.15) is 0 Å². The van der Waals surface area contributed by atoms with Crippen molar-refractivity contribution >= 4 is 0 Å². The maximum absolute atomic E-state index is 9.33. The molecule has 0 aromatic carbocycles. The van der Waals surface area contributed by atoms with Gasteiger partial charge in [0.25, 0.3) is 0 Å². The first-order valence-corrected chi connectivity index (χ1v) is 12.3. The van der Waals surface area contributed by atoms with E-state index >= 15 is 0 Å². The van der Waals surface area contributed by atoms with Crippen LogP contribution in [0.3, 0.4) is 0 Å². The van der Waals surface area contributed by atoms with Gasteiger partial charge in [0.05, 0.1) is 0 Å². The highest BCUT2D eigenvalue weighted by Crippen LogP contribution is 2.51. The Bertz CT molecular complexity index is 397. The fourth-order valence-electron chi connectivity index (χ4n) is 7.44. The molecule has 0 aromatic rings. The average Bonchev–Trinajstić information content (AvgIpc) is 2.68. The third-order valence-electron chi connectivity index (χ3n) is 9.09. The van der Waals surface area contributed by atoms with Crippen LogP contribution in [0.15, 0.2) is 0 Å². The van der Waals surface area contributed by atoms with Crippen LogP contribution in [0.2, 0.25) is 0 Å². The third kappa shape index (κ3) is 4.86. The third-order valence-corrected chi connectivity index (χ3v) is 9.09. The van der Waals surface area contributed by atoms with Crippen molar-refractivity contribution in [1.29, 1.82) is 0 Å². The van der Waals surface area contributed by atoms with E-state index < -0.39 is 0 Å². The lowest BCUT2D eigenvalue weighted by Gasteiger charge is -2.47. The van der Waals surface area contributed by atoms with Crippen molar-refractivity contribution in [2.75, 3.05) is 6.61 Å². The van der Waals surface area contributed by atoms with E-state index in [1.54, 1.807) is 6.42 Å². The van der Waals surface area contributed by atoms with Crippen molar-refractivity contribution in [3.8, 4) is 0 Å². The topological polar surface area (TPSA) is 20.2 Å². The van der Waals surface area contributed by atoms with Crippen molar-refractivity contribution in [2.45, 2.75) is 104 Å². The van der Waals surface area contributed by atoms with Crippen LogP contribution in [0.1, 0.15) is 104 Å². The van der Waals surface area contributed by atoms with E-state index in [1.807, 2.05) is 0 Å². The van der Waals surface area contributed by atoms with E-state index in [0.717, 1.165) is 53.8 Å². The maximum atomic E-state index is 9.33. The van der Waals surface area contributed by atoms with Gasteiger partial charge in [0.1, 0.15) is 0 Å². The Balaban J connectivity index is 1.57. The van der Waals surface area contributed by atoms with Crippen LogP contribution in [0.4, 0.5) is 0 Å². The Morgan fingerprint density at radius 1 is 0.692 bits per heavy atom. The Labute approximate surface area is 163 Å². The molecule has 0 amide bonds. The first kappa shape index (κ1) is 20.7. The summed E-state index contributed by atoms with van der Waals surface area (Å²) < 4.78 is 0. The van der Waals surface area contributed by atoms with Gasteiger partial charge in [0.2, 0.25) is 0 Å². The number of aliphatic hydroxyl groups excluding tert-OH is 1. The summed E-state index contributed by atoms with van der Waals surface area (Å²) in [6.07, 6.45) is 18.7. The number of aliphatic hydroxyl groups is 1. The van der Waals surface area contributed by atoms with Gasteiger partial charge in [-0.3, -0.25) is 0 Å². The summed E-state index contributed by atoms with van der Waals surface area (Å²) in [4.78, 5) is 0. The maximum Gasteiger partial charge on any atom is 0.0433 e. The number of hydrogen-bond acceptors (Lipinski definition) is 1. The van der Waals surface area contributed by atoms with Crippen LogP contribution >= 0.6 is 0 Å². The zero-order valence-corrected chi connectivity index (χ0v) is 18.0. The van der Waals surface area contributed by atoms with Gasteiger partial charge < -0.3 is 5.11 Å². The van der Waals surface area contributed by atoms with Crippen LogP contribution in [0.25, 0.3) is 0 Å². The van der Waals surface area contributed by atoms with E-state index in [2.05, 4.69) is 20.8 Å². The molecule has 1 nitrogen and oxygen atoms in total. The van der Waals surface area contributed by atoms with Gasteiger partial charge in [0.15, 0.2) is 0 Å². The minimum atomic E-state index is 0.398. The lowest BCUT2D eigenvalue weighted by atomic mass is 9.58. The van der Waals surface area contributed by atoms with Crippen molar-refractivity contribution in [1.82, 2.24) is 0 Å². The Morgan fingerprint density at radius 2 is 1.27 bits per heavy atom. The number of rotatable bonds is 6. The highest BCUT2D eigenvalue weighted by atomic mass is 16.3. The predicted octanol–water partition coefficient (Wildman–Crippen LogP) is 7.08. The van der Waals surface area contributed by atoms with E-state index in [0.29, 0.717) is 6.61 Å². The molecule has 0 bridgehead atoms. The zero-order chi connectivity index (χ0) is 18.5. The molecule has 0 aliphatic heterocycles. The molecular formula is C25H46O. The Hall–Kier alpha value is -0.0400. The van der Waals surface area contributed by atoms with Crippen LogP contribution < -0.4 is 0 Å². The first-order chi connectivity index (χ1) is 12.7. The highest BCUT2D eigenvalue weighted by Gasteiger charge is 2.41. The van der Waals surface area contributed by atoms with Gasteiger partial charge in [-0.1, -0.05) is 52.9 Å². The standard InChI is InChI=1S/C25H46O/c1-4-20-16-19(14-15-26)8-12-25(20)23-11-13-24(21(5-2)17-23)22-9-6-18(3)7-10-22/h18-26H,4-17H2,1-3H3. The zero-order valence-electron chi connectivity index (χ0n) is 18.0. The molecule has 0 spiro atoms. The molecule has 152 valence electrons. The Kier molecular flexibility index (Phi) is 7.91. The molecule has 3 fully saturated rings. The molecule has 26 heavy (non-hydrogen) atoms. The summed E-state index contributed by atoms with van der Waals surface area (Å²) in [7, 11) is 0. The minimum absolute atomic E-state index is 0.398. The normalized spacial score (nSPS) is 44.8. The molecule has 0 aromatic heterocycles. The quantitative estimate of drug-likeness (QED) is 0.535. The van der Waals surface area contributed by atoms with E-state index in [-0.39, 0.29) is 0 Å². The summed E-state index contributed by atoms with van der Waals surface area (Å²) in [6, 6.07) is 0. The van der Waals surface area contributed by atoms with Crippen LogP contribution in [-0.4, -0.2) is 11.7 Å². The van der Waals surface area contributed by atoms with Crippen molar-refractivity contribution < 1.29 is 5.11 Å². The summed E-state index contributed by atoms with van der Waals surface area (Å²) >= 11 is 0. The predicted molar refractivity (Wildman–Crippen MR) is 112 cm³/mol. The molecular weight excluding hydrogens is 316 g/mol.